The fraction of sp³-hybridized carbons (Fsp3) is 0.917. The first-order valence-electron chi connectivity index (χ1n) is 6.79. The summed E-state index contributed by atoms with van der Waals surface area (Å²) in [4.78, 5) is 1.61. The van der Waals surface area contributed by atoms with Crippen LogP contribution in [0.15, 0.2) is 5.16 Å². The summed E-state index contributed by atoms with van der Waals surface area (Å²) in [6.07, 6.45) is 0.117. The van der Waals surface area contributed by atoms with Crippen LogP contribution in [0.5, 0.6) is 0 Å². The van der Waals surface area contributed by atoms with Crippen molar-refractivity contribution in [2.45, 2.75) is 44.3 Å². The molecule has 0 saturated heterocycles. The second-order valence-corrected chi connectivity index (χ2v) is 5.13. The van der Waals surface area contributed by atoms with Crippen molar-refractivity contribution in [2.24, 2.45) is 16.8 Å². The largest absolute Gasteiger partial charge is 0.409 e. The first kappa shape index (κ1) is 17.0. The number of alkyl halides is 3. The summed E-state index contributed by atoms with van der Waals surface area (Å²) >= 11 is 0. The molecular weight excluding hydrogens is 275 g/mol. The Bertz CT molecular complexity index is 318. The van der Waals surface area contributed by atoms with E-state index < -0.39 is 17.9 Å². The van der Waals surface area contributed by atoms with E-state index >= 15 is 0 Å². The van der Waals surface area contributed by atoms with Crippen molar-refractivity contribution < 1.29 is 23.5 Å². The number of aliphatic hydroxyl groups excluding tert-OH is 1. The highest BCUT2D eigenvalue weighted by molar-refractivity contribution is 5.83. The normalized spacial score (nSPS) is 20.4. The van der Waals surface area contributed by atoms with Crippen molar-refractivity contribution in [1.29, 1.82) is 0 Å². The van der Waals surface area contributed by atoms with E-state index in [1.807, 2.05) is 0 Å². The lowest BCUT2D eigenvalue weighted by molar-refractivity contribution is -0.162. The molecule has 0 aromatic rings. The second-order valence-electron chi connectivity index (χ2n) is 5.13. The molecule has 1 aliphatic rings. The predicted molar refractivity (Wildman–Crippen MR) is 68.5 cm³/mol. The van der Waals surface area contributed by atoms with Crippen LogP contribution in [0.1, 0.15) is 32.1 Å². The maximum absolute atomic E-state index is 13.0. The number of hydrogen-bond donors (Lipinski definition) is 3. The molecule has 4 N–H and O–H groups in total. The zero-order chi connectivity index (χ0) is 15.2. The topological polar surface area (TPSA) is 82.1 Å². The molecule has 0 aliphatic heterocycles. The summed E-state index contributed by atoms with van der Waals surface area (Å²) in [5, 5.41) is 20.1. The van der Waals surface area contributed by atoms with Crippen LogP contribution in [-0.4, -0.2) is 53.0 Å². The fourth-order valence-electron chi connectivity index (χ4n) is 2.67. The third kappa shape index (κ3) is 4.82. The van der Waals surface area contributed by atoms with Crippen LogP contribution in [-0.2, 0) is 0 Å². The van der Waals surface area contributed by atoms with Crippen LogP contribution in [0.4, 0.5) is 13.2 Å². The molecule has 5 nitrogen and oxygen atoms in total. The van der Waals surface area contributed by atoms with Crippen LogP contribution in [0.2, 0.25) is 0 Å². The van der Waals surface area contributed by atoms with E-state index in [0.717, 1.165) is 32.1 Å². The summed E-state index contributed by atoms with van der Waals surface area (Å²) < 4.78 is 38.9. The number of halogens is 3. The number of amidine groups is 1. The Morgan fingerprint density at radius 2 is 1.90 bits per heavy atom. The molecular formula is C12H22F3N3O2. The van der Waals surface area contributed by atoms with Crippen LogP contribution in [0, 0.1) is 5.92 Å². The molecule has 8 heteroatoms. The van der Waals surface area contributed by atoms with Gasteiger partial charge in [0.2, 0.25) is 0 Å². The average Bonchev–Trinajstić information content (AvgIpc) is 2.42. The molecule has 0 aromatic heterocycles. The van der Waals surface area contributed by atoms with E-state index in [2.05, 4.69) is 5.16 Å². The molecule has 118 valence electrons. The summed E-state index contributed by atoms with van der Waals surface area (Å²) in [5.74, 6) is -2.85. The van der Waals surface area contributed by atoms with E-state index in [1.54, 1.807) is 4.90 Å². The number of oxime groups is 1. The highest BCUT2D eigenvalue weighted by Crippen LogP contribution is 2.30. The molecule has 1 atom stereocenters. The molecule has 0 spiro atoms. The quantitative estimate of drug-likeness (QED) is 0.300. The lowest BCUT2D eigenvalue weighted by Crippen LogP contribution is -2.49. The molecule has 1 aliphatic carbocycles. The van der Waals surface area contributed by atoms with Gasteiger partial charge in [-0.2, -0.15) is 13.2 Å². The summed E-state index contributed by atoms with van der Waals surface area (Å²) in [6, 6.07) is 0.0206. The highest BCUT2D eigenvalue weighted by atomic mass is 19.4. The molecule has 0 radical (unpaired) electrons. The van der Waals surface area contributed by atoms with E-state index in [9.17, 15) is 13.2 Å². The van der Waals surface area contributed by atoms with Crippen LogP contribution >= 0.6 is 0 Å². The monoisotopic (exact) mass is 297 g/mol. The third-order valence-electron chi connectivity index (χ3n) is 3.76. The molecule has 1 rings (SSSR count). The lowest BCUT2D eigenvalue weighted by Gasteiger charge is -2.36. The van der Waals surface area contributed by atoms with E-state index in [4.69, 9.17) is 16.0 Å². The Hall–Kier alpha value is -1.02. The average molecular weight is 297 g/mol. The Morgan fingerprint density at radius 3 is 2.35 bits per heavy atom. The van der Waals surface area contributed by atoms with Crippen molar-refractivity contribution in [1.82, 2.24) is 4.90 Å². The van der Waals surface area contributed by atoms with E-state index in [0.29, 0.717) is 0 Å². The SMILES string of the molecule is NC(=NO)C(CN(CCO)C1CCCCC1)C(F)(F)F. The minimum Gasteiger partial charge on any atom is -0.409 e. The molecule has 0 bridgehead atoms. The van der Waals surface area contributed by atoms with Gasteiger partial charge in [0.05, 0.1) is 6.61 Å². The molecule has 0 amide bonds. The first-order chi connectivity index (χ1) is 9.40. The highest BCUT2D eigenvalue weighted by Gasteiger charge is 2.44. The number of rotatable bonds is 6. The van der Waals surface area contributed by atoms with E-state index in [-0.39, 0.29) is 25.7 Å². The molecule has 0 aromatic carbocycles. The van der Waals surface area contributed by atoms with Crippen molar-refractivity contribution >= 4 is 5.84 Å². The number of nitrogens with two attached hydrogens (primary N) is 1. The predicted octanol–water partition coefficient (Wildman–Crippen LogP) is 1.54. The van der Waals surface area contributed by atoms with Crippen LogP contribution in [0.25, 0.3) is 0 Å². The van der Waals surface area contributed by atoms with Gasteiger partial charge in [-0.3, -0.25) is 4.90 Å². The molecule has 1 fully saturated rings. The lowest BCUT2D eigenvalue weighted by atomic mass is 9.93. The number of hydrogen-bond acceptors (Lipinski definition) is 4. The minimum atomic E-state index is -4.57. The molecule has 0 heterocycles. The van der Waals surface area contributed by atoms with Crippen molar-refractivity contribution in [2.75, 3.05) is 19.7 Å². The van der Waals surface area contributed by atoms with Gasteiger partial charge in [0, 0.05) is 19.1 Å². The van der Waals surface area contributed by atoms with Gasteiger partial charge in [-0.1, -0.05) is 24.4 Å². The Balaban J connectivity index is 2.79. The fourth-order valence-corrected chi connectivity index (χ4v) is 2.67. The smallest absolute Gasteiger partial charge is 0.400 e. The first-order valence-corrected chi connectivity index (χ1v) is 6.79. The van der Waals surface area contributed by atoms with Crippen molar-refractivity contribution in [3.05, 3.63) is 0 Å². The Labute approximate surface area is 116 Å². The zero-order valence-electron chi connectivity index (χ0n) is 11.3. The van der Waals surface area contributed by atoms with Gasteiger partial charge in [0.1, 0.15) is 5.92 Å². The third-order valence-corrected chi connectivity index (χ3v) is 3.76. The summed E-state index contributed by atoms with van der Waals surface area (Å²) in [6.45, 7) is -0.433. The van der Waals surface area contributed by atoms with Crippen molar-refractivity contribution in [3.63, 3.8) is 0 Å². The van der Waals surface area contributed by atoms with Gasteiger partial charge >= 0.3 is 6.18 Å². The molecule has 20 heavy (non-hydrogen) atoms. The standard InChI is InChI=1S/C12H22F3N3O2/c13-12(14,15)10(11(16)17-20)8-18(6-7-19)9-4-2-1-3-5-9/h9-10,19-20H,1-8H2,(H2,16,17). The Morgan fingerprint density at radius 1 is 1.30 bits per heavy atom. The maximum Gasteiger partial charge on any atom is 0.400 e. The van der Waals surface area contributed by atoms with Crippen molar-refractivity contribution in [3.8, 4) is 0 Å². The van der Waals surface area contributed by atoms with Gasteiger partial charge in [0.25, 0.3) is 0 Å². The molecule has 1 saturated carbocycles. The van der Waals surface area contributed by atoms with E-state index in [1.165, 1.54) is 0 Å². The van der Waals surface area contributed by atoms with Gasteiger partial charge in [0.15, 0.2) is 5.84 Å². The Kier molecular flexibility index (Phi) is 6.54. The van der Waals surface area contributed by atoms with Gasteiger partial charge < -0.3 is 16.0 Å². The number of aliphatic hydroxyl groups is 1. The second kappa shape index (κ2) is 7.68. The zero-order valence-corrected chi connectivity index (χ0v) is 11.3. The minimum absolute atomic E-state index is 0.0206. The van der Waals surface area contributed by atoms with Gasteiger partial charge in [-0.15, -0.1) is 0 Å². The number of nitrogens with zero attached hydrogens (tertiary/aromatic N) is 2. The van der Waals surface area contributed by atoms with Crippen LogP contribution < -0.4 is 5.73 Å². The van der Waals surface area contributed by atoms with Gasteiger partial charge in [-0.25, -0.2) is 0 Å². The van der Waals surface area contributed by atoms with Gasteiger partial charge in [-0.05, 0) is 12.8 Å². The summed E-state index contributed by atoms with van der Waals surface area (Å²) in [7, 11) is 0. The summed E-state index contributed by atoms with van der Waals surface area (Å²) in [5.41, 5.74) is 5.17. The maximum atomic E-state index is 13.0. The molecule has 1 unspecified atom stereocenters. The van der Waals surface area contributed by atoms with Crippen LogP contribution in [0.3, 0.4) is 0 Å².